The van der Waals surface area contributed by atoms with Crippen molar-refractivity contribution in [2.24, 2.45) is 0 Å². The molecule has 2 heterocycles. The summed E-state index contributed by atoms with van der Waals surface area (Å²) >= 11 is 1.55. The van der Waals surface area contributed by atoms with Crippen molar-refractivity contribution < 1.29 is 5.11 Å². The zero-order valence-electron chi connectivity index (χ0n) is 6.79. The number of rotatable bonds is 2. The molecule has 0 spiro atoms. The van der Waals surface area contributed by atoms with E-state index >= 15 is 0 Å². The van der Waals surface area contributed by atoms with Crippen LogP contribution in [0.1, 0.15) is 17.5 Å². The van der Waals surface area contributed by atoms with Gasteiger partial charge < -0.3 is 5.11 Å². The van der Waals surface area contributed by atoms with E-state index in [1.807, 2.05) is 16.8 Å². The van der Waals surface area contributed by atoms with Crippen LogP contribution in [0.15, 0.2) is 35.3 Å². The Morgan fingerprint density at radius 1 is 1.31 bits per heavy atom. The monoisotopic (exact) mass is 192 g/mol. The second-order valence-electron chi connectivity index (χ2n) is 2.57. The summed E-state index contributed by atoms with van der Waals surface area (Å²) in [4.78, 5) is 7.96. The molecule has 4 heteroatoms. The zero-order valence-corrected chi connectivity index (χ0v) is 7.61. The first kappa shape index (κ1) is 8.34. The summed E-state index contributed by atoms with van der Waals surface area (Å²) in [5.74, 6) is 0.445. The summed E-state index contributed by atoms with van der Waals surface area (Å²) in [5, 5.41) is 13.6. The summed E-state index contributed by atoms with van der Waals surface area (Å²) in [6.45, 7) is 0. The maximum absolute atomic E-state index is 9.76. The number of aliphatic hydroxyl groups excluding tert-OH is 1. The van der Waals surface area contributed by atoms with E-state index in [0.717, 1.165) is 5.56 Å². The highest BCUT2D eigenvalue weighted by Gasteiger charge is 2.12. The standard InChI is InChI=1S/C9H8N2OS/c12-8(7-2-5-13-6-7)9-10-3-1-4-11-9/h1-6,8,12H. The molecule has 0 saturated heterocycles. The minimum Gasteiger partial charge on any atom is -0.380 e. The normalized spacial score (nSPS) is 12.7. The van der Waals surface area contributed by atoms with Crippen LogP contribution >= 0.6 is 11.3 Å². The minimum atomic E-state index is -0.701. The van der Waals surface area contributed by atoms with E-state index in [2.05, 4.69) is 9.97 Å². The number of thiophene rings is 1. The Balaban J connectivity index is 2.29. The van der Waals surface area contributed by atoms with Crippen LogP contribution in [0.25, 0.3) is 0 Å². The number of aromatic nitrogens is 2. The smallest absolute Gasteiger partial charge is 0.161 e. The molecule has 13 heavy (non-hydrogen) atoms. The molecule has 66 valence electrons. The van der Waals surface area contributed by atoms with Crippen LogP contribution in [0.3, 0.4) is 0 Å². The minimum absolute atomic E-state index is 0.445. The molecule has 0 aliphatic rings. The molecule has 1 N–H and O–H groups in total. The number of hydrogen-bond acceptors (Lipinski definition) is 4. The lowest BCUT2D eigenvalue weighted by Gasteiger charge is -2.05. The summed E-state index contributed by atoms with van der Waals surface area (Å²) in [6.07, 6.45) is 2.54. The lowest BCUT2D eigenvalue weighted by Crippen LogP contribution is -2.02. The fourth-order valence-electron chi connectivity index (χ4n) is 1.03. The predicted molar refractivity (Wildman–Crippen MR) is 50.4 cm³/mol. The van der Waals surface area contributed by atoms with Gasteiger partial charge in [0.15, 0.2) is 5.82 Å². The van der Waals surface area contributed by atoms with Crippen LogP contribution in [-0.4, -0.2) is 15.1 Å². The van der Waals surface area contributed by atoms with Gasteiger partial charge in [0.25, 0.3) is 0 Å². The molecule has 2 aromatic rings. The van der Waals surface area contributed by atoms with Crippen LogP contribution in [0, 0.1) is 0 Å². The topological polar surface area (TPSA) is 46.0 Å². The van der Waals surface area contributed by atoms with Gasteiger partial charge in [0.05, 0.1) is 0 Å². The molecule has 0 amide bonds. The number of nitrogens with zero attached hydrogens (tertiary/aromatic N) is 2. The largest absolute Gasteiger partial charge is 0.380 e. The van der Waals surface area contributed by atoms with E-state index in [9.17, 15) is 5.11 Å². The highest BCUT2D eigenvalue weighted by Crippen LogP contribution is 2.20. The fourth-order valence-corrected chi connectivity index (χ4v) is 1.71. The van der Waals surface area contributed by atoms with Gasteiger partial charge in [-0.3, -0.25) is 0 Å². The predicted octanol–water partition coefficient (Wildman–Crippen LogP) is 1.62. The van der Waals surface area contributed by atoms with Crippen LogP contribution in [-0.2, 0) is 0 Å². The molecular weight excluding hydrogens is 184 g/mol. The molecule has 0 fully saturated rings. The van der Waals surface area contributed by atoms with E-state index in [-0.39, 0.29) is 0 Å². The van der Waals surface area contributed by atoms with Gasteiger partial charge in [-0.25, -0.2) is 9.97 Å². The molecule has 2 aromatic heterocycles. The van der Waals surface area contributed by atoms with Gasteiger partial charge in [0.1, 0.15) is 6.10 Å². The molecule has 0 saturated carbocycles. The van der Waals surface area contributed by atoms with E-state index in [1.54, 1.807) is 29.8 Å². The third-order valence-electron chi connectivity index (χ3n) is 1.69. The zero-order chi connectivity index (χ0) is 9.10. The molecular formula is C9H8N2OS. The van der Waals surface area contributed by atoms with Gasteiger partial charge in [-0.05, 0) is 28.5 Å². The molecule has 3 nitrogen and oxygen atoms in total. The maximum Gasteiger partial charge on any atom is 0.161 e. The van der Waals surface area contributed by atoms with Crippen molar-refractivity contribution in [1.29, 1.82) is 0 Å². The van der Waals surface area contributed by atoms with Crippen molar-refractivity contribution in [3.8, 4) is 0 Å². The maximum atomic E-state index is 9.76. The summed E-state index contributed by atoms with van der Waals surface area (Å²) < 4.78 is 0. The van der Waals surface area contributed by atoms with Crippen LogP contribution in [0.2, 0.25) is 0 Å². The number of hydrogen-bond donors (Lipinski definition) is 1. The van der Waals surface area contributed by atoms with Crippen molar-refractivity contribution in [1.82, 2.24) is 9.97 Å². The molecule has 0 aromatic carbocycles. The van der Waals surface area contributed by atoms with Gasteiger partial charge in [0.2, 0.25) is 0 Å². The SMILES string of the molecule is OC(c1ccsc1)c1ncccn1. The van der Waals surface area contributed by atoms with Gasteiger partial charge in [0, 0.05) is 12.4 Å². The molecule has 2 rings (SSSR count). The summed E-state index contributed by atoms with van der Waals surface area (Å²) in [6, 6.07) is 3.59. The van der Waals surface area contributed by atoms with Crippen LogP contribution in [0.5, 0.6) is 0 Å². The average molecular weight is 192 g/mol. The third kappa shape index (κ3) is 1.74. The van der Waals surface area contributed by atoms with Crippen molar-refractivity contribution >= 4 is 11.3 Å². The number of aliphatic hydroxyl groups is 1. The fraction of sp³-hybridized carbons (Fsp3) is 0.111. The Labute approximate surface area is 79.7 Å². The van der Waals surface area contributed by atoms with Crippen molar-refractivity contribution in [3.05, 3.63) is 46.7 Å². The van der Waals surface area contributed by atoms with E-state index < -0.39 is 6.10 Å². The van der Waals surface area contributed by atoms with Crippen LogP contribution < -0.4 is 0 Å². The first-order chi connectivity index (χ1) is 6.38. The second kappa shape index (κ2) is 3.64. The Bertz CT molecular complexity index is 360. The molecule has 0 radical (unpaired) electrons. The summed E-state index contributed by atoms with van der Waals surface area (Å²) in [7, 11) is 0. The Hall–Kier alpha value is -1.26. The highest BCUT2D eigenvalue weighted by molar-refractivity contribution is 7.07. The Morgan fingerprint density at radius 3 is 2.69 bits per heavy atom. The van der Waals surface area contributed by atoms with Crippen molar-refractivity contribution in [3.63, 3.8) is 0 Å². The third-order valence-corrected chi connectivity index (χ3v) is 2.39. The lowest BCUT2D eigenvalue weighted by molar-refractivity contribution is 0.210. The first-order valence-corrected chi connectivity index (χ1v) is 4.79. The molecule has 0 bridgehead atoms. The van der Waals surface area contributed by atoms with E-state index in [4.69, 9.17) is 0 Å². The highest BCUT2D eigenvalue weighted by atomic mass is 32.1. The van der Waals surface area contributed by atoms with E-state index in [1.165, 1.54) is 0 Å². The average Bonchev–Trinajstić information content (AvgIpc) is 2.71. The Kier molecular flexibility index (Phi) is 2.33. The molecule has 0 aliphatic heterocycles. The lowest BCUT2D eigenvalue weighted by atomic mass is 10.2. The molecule has 0 aliphatic carbocycles. The van der Waals surface area contributed by atoms with Gasteiger partial charge in [-0.2, -0.15) is 11.3 Å². The molecule has 1 unspecified atom stereocenters. The van der Waals surface area contributed by atoms with Crippen molar-refractivity contribution in [2.45, 2.75) is 6.10 Å². The van der Waals surface area contributed by atoms with Gasteiger partial charge in [-0.15, -0.1) is 0 Å². The summed E-state index contributed by atoms with van der Waals surface area (Å²) in [5.41, 5.74) is 0.844. The van der Waals surface area contributed by atoms with E-state index in [0.29, 0.717) is 5.82 Å². The molecule has 1 atom stereocenters. The van der Waals surface area contributed by atoms with Crippen LogP contribution in [0.4, 0.5) is 0 Å². The van der Waals surface area contributed by atoms with Crippen molar-refractivity contribution in [2.75, 3.05) is 0 Å². The second-order valence-corrected chi connectivity index (χ2v) is 3.35. The first-order valence-electron chi connectivity index (χ1n) is 3.85. The quantitative estimate of drug-likeness (QED) is 0.786. The van der Waals surface area contributed by atoms with Gasteiger partial charge >= 0.3 is 0 Å². The van der Waals surface area contributed by atoms with Gasteiger partial charge in [-0.1, -0.05) is 0 Å². The Morgan fingerprint density at radius 2 is 2.08 bits per heavy atom.